The van der Waals surface area contributed by atoms with E-state index in [9.17, 15) is 4.79 Å². The zero-order valence-corrected chi connectivity index (χ0v) is 10.0. The second-order valence-electron chi connectivity index (χ2n) is 3.61. The number of aryl methyl sites for hydroxylation is 1. The van der Waals surface area contributed by atoms with Crippen LogP contribution in [0.3, 0.4) is 0 Å². The van der Waals surface area contributed by atoms with Crippen molar-refractivity contribution in [1.29, 1.82) is 0 Å². The van der Waals surface area contributed by atoms with Crippen molar-refractivity contribution >= 4 is 23.3 Å². The third kappa shape index (κ3) is 2.82. The van der Waals surface area contributed by atoms with E-state index in [-0.39, 0.29) is 5.91 Å². The summed E-state index contributed by atoms with van der Waals surface area (Å²) in [7, 11) is 0. The second kappa shape index (κ2) is 4.97. The molecule has 0 spiro atoms. The zero-order valence-electron chi connectivity index (χ0n) is 9.27. The summed E-state index contributed by atoms with van der Waals surface area (Å²) in [5.74, 6) is 0.267. The maximum atomic E-state index is 12.0. The number of hydrogen-bond acceptors (Lipinski definition) is 2. The van der Waals surface area contributed by atoms with Crippen LogP contribution in [-0.4, -0.2) is 10.9 Å². The van der Waals surface area contributed by atoms with Gasteiger partial charge < -0.3 is 5.32 Å². The Bertz CT molecular complexity index is 555. The minimum atomic E-state index is -0.183. The molecule has 0 radical (unpaired) electrons. The Morgan fingerprint density at radius 3 is 2.65 bits per heavy atom. The van der Waals surface area contributed by atoms with Crippen molar-refractivity contribution in [3.05, 3.63) is 58.7 Å². The molecule has 0 atom stereocenters. The molecule has 0 saturated carbocycles. The van der Waals surface area contributed by atoms with E-state index in [0.717, 1.165) is 5.56 Å². The predicted octanol–water partition coefficient (Wildman–Crippen LogP) is 3.30. The first-order valence-corrected chi connectivity index (χ1v) is 5.54. The molecule has 0 unspecified atom stereocenters. The molecule has 2 rings (SSSR count). The molecule has 2 aromatic rings. The van der Waals surface area contributed by atoms with Gasteiger partial charge in [0, 0.05) is 5.56 Å². The Kier molecular flexibility index (Phi) is 3.40. The van der Waals surface area contributed by atoms with Crippen LogP contribution in [0.15, 0.2) is 42.5 Å². The molecular formula is C13H11ClN2O. The minimum Gasteiger partial charge on any atom is -0.307 e. The lowest BCUT2D eigenvalue weighted by Gasteiger charge is -2.06. The fraction of sp³-hybridized carbons (Fsp3) is 0.0769. The Morgan fingerprint density at radius 1 is 1.18 bits per heavy atom. The fourth-order valence-corrected chi connectivity index (χ4v) is 1.65. The molecule has 17 heavy (non-hydrogen) atoms. The van der Waals surface area contributed by atoms with Gasteiger partial charge in [0.1, 0.15) is 11.0 Å². The molecule has 1 aromatic heterocycles. The largest absolute Gasteiger partial charge is 0.307 e. The van der Waals surface area contributed by atoms with Crippen molar-refractivity contribution in [2.75, 3.05) is 5.32 Å². The molecule has 0 saturated heterocycles. The van der Waals surface area contributed by atoms with E-state index in [0.29, 0.717) is 16.5 Å². The molecule has 0 bridgehead atoms. The number of aromatic nitrogens is 1. The third-order valence-corrected chi connectivity index (χ3v) is 2.56. The number of anilines is 1. The number of pyridine rings is 1. The molecular weight excluding hydrogens is 236 g/mol. The van der Waals surface area contributed by atoms with E-state index < -0.39 is 0 Å². The van der Waals surface area contributed by atoms with Crippen molar-refractivity contribution < 1.29 is 4.79 Å². The summed E-state index contributed by atoms with van der Waals surface area (Å²) in [5, 5.41) is 3.06. The molecule has 0 aliphatic heterocycles. The number of halogens is 1. The van der Waals surface area contributed by atoms with Crippen LogP contribution in [0.1, 0.15) is 15.9 Å². The van der Waals surface area contributed by atoms with Gasteiger partial charge in [-0.15, -0.1) is 0 Å². The van der Waals surface area contributed by atoms with Gasteiger partial charge in [-0.1, -0.05) is 35.9 Å². The highest BCUT2D eigenvalue weighted by Crippen LogP contribution is 2.12. The van der Waals surface area contributed by atoms with Gasteiger partial charge in [0.25, 0.3) is 5.91 Å². The second-order valence-corrected chi connectivity index (χ2v) is 4.00. The first-order chi connectivity index (χ1) is 8.16. The Morgan fingerprint density at radius 2 is 1.94 bits per heavy atom. The topological polar surface area (TPSA) is 42.0 Å². The Labute approximate surface area is 104 Å². The summed E-state index contributed by atoms with van der Waals surface area (Å²) in [4.78, 5) is 16.0. The average molecular weight is 247 g/mol. The van der Waals surface area contributed by atoms with Crippen LogP contribution in [0.4, 0.5) is 5.82 Å². The molecule has 4 heteroatoms. The normalized spacial score (nSPS) is 10.0. The monoisotopic (exact) mass is 246 g/mol. The highest BCUT2D eigenvalue weighted by atomic mass is 35.5. The zero-order chi connectivity index (χ0) is 12.3. The lowest BCUT2D eigenvalue weighted by Crippen LogP contribution is -2.14. The predicted molar refractivity (Wildman–Crippen MR) is 68.4 cm³/mol. The van der Waals surface area contributed by atoms with Crippen molar-refractivity contribution in [2.24, 2.45) is 0 Å². The average Bonchev–Trinajstić information content (AvgIpc) is 2.29. The lowest BCUT2D eigenvalue weighted by molar-refractivity contribution is 0.102. The molecule has 0 aliphatic carbocycles. The van der Waals surface area contributed by atoms with E-state index >= 15 is 0 Å². The fourth-order valence-electron chi connectivity index (χ4n) is 1.49. The maximum Gasteiger partial charge on any atom is 0.257 e. The molecule has 1 N–H and O–H groups in total. The van der Waals surface area contributed by atoms with Gasteiger partial charge in [0.15, 0.2) is 0 Å². The first-order valence-electron chi connectivity index (χ1n) is 5.16. The van der Waals surface area contributed by atoms with E-state index in [1.54, 1.807) is 24.3 Å². The van der Waals surface area contributed by atoms with E-state index in [2.05, 4.69) is 10.3 Å². The van der Waals surface area contributed by atoms with Gasteiger partial charge in [-0.3, -0.25) is 4.79 Å². The van der Waals surface area contributed by atoms with Gasteiger partial charge in [-0.25, -0.2) is 4.98 Å². The van der Waals surface area contributed by atoms with Crippen molar-refractivity contribution in [2.45, 2.75) is 6.92 Å². The quantitative estimate of drug-likeness (QED) is 0.826. The number of amides is 1. The van der Waals surface area contributed by atoms with Gasteiger partial charge >= 0.3 is 0 Å². The van der Waals surface area contributed by atoms with Gasteiger partial charge in [0.05, 0.1) is 0 Å². The van der Waals surface area contributed by atoms with Gasteiger partial charge in [-0.2, -0.15) is 0 Å². The van der Waals surface area contributed by atoms with Gasteiger partial charge in [0.2, 0.25) is 0 Å². The summed E-state index contributed by atoms with van der Waals surface area (Å²) in [6, 6.07) is 12.5. The van der Waals surface area contributed by atoms with Gasteiger partial charge in [-0.05, 0) is 30.7 Å². The molecule has 3 nitrogen and oxygen atoms in total. The summed E-state index contributed by atoms with van der Waals surface area (Å²) >= 11 is 5.74. The Balaban J connectivity index is 2.20. The Hall–Kier alpha value is -1.87. The number of benzene rings is 1. The first kappa shape index (κ1) is 11.6. The van der Waals surface area contributed by atoms with Crippen LogP contribution in [0, 0.1) is 6.92 Å². The third-order valence-electron chi connectivity index (χ3n) is 2.35. The van der Waals surface area contributed by atoms with Crippen LogP contribution in [0.25, 0.3) is 0 Å². The van der Waals surface area contributed by atoms with Crippen LogP contribution in [0.5, 0.6) is 0 Å². The number of nitrogens with zero attached hydrogens (tertiary/aromatic N) is 1. The van der Waals surface area contributed by atoms with Crippen molar-refractivity contribution in [3.63, 3.8) is 0 Å². The number of nitrogens with one attached hydrogen (secondary N) is 1. The van der Waals surface area contributed by atoms with Crippen LogP contribution in [0.2, 0.25) is 5.15 Å². The van der Waals surface area contributed by atoms with E-state index in [1.165, 1.54) is 0 Å². The molecule has 1 heterocycles. The van der Waals surface area contributed by atoms with E-state index in [4.69, 9.17) is 11.6 Å². The van der Waals surface area contributed by atoms with E-state index in [1.807, 2.05) is 25.1 Å². The summed E-state index contributed by atoms with van der Waals surface area (Å²) < 4.78 is 0. The SMILES string of the molecule is Cc1ccccc1C(=O)Nc1cccc(Cl)n1. The number of carbonyl (C=O) groups excluding carboxylic acids is 1. The minimum absolute atomic E-state index is 0.183. The molecule has 1 amide bonds. The summed E-state index contributed by atoms with van der Waals surface area (Å²) in [6.45, 7) is 1.89. The summed E-state index contributed by atoms with van der Waals surface area (Å²) in [6.07, 6.45) is 0. The van der Waals surface area contributed by atoms with Crippen molar-refractivity contribution in [1.82, 2.24) is 4.98 Å². The highest BCUT2D eigenvalue weighted by Gasteiger charge is 2.08. The number of rotatable bonds is 2. The molecule has 0 fully saturated rings. The molecule has 0 aliphatic rings. The molecule has 1 aromatic carbocycles. The molecule has 86 valence electrons. The van der Waals surface area contributed by atoms with Crippen LogP contribution >= 0.6 is 11.6 Å². The van der Waals surface area contributed by atoms with Crippen molar-refractivity contribution in [3.8, 4) is 0 Å². The highest BCUT2D eigenvalue weighted by molar-refractivity contribution is 6.29. The standard InChI is InChI=1S/C13H11ClN2O/c1-9-5-2-3-6-10(9)13(17)16-12-8-4-7-11(14)15-12/h2-8H,1H3,(H,15,16,17). The number of carbonyl (C=O) groups is 1. The lowest BCUT2D eigenvalue weighted by atomic mass is 10.1. The number of hydrogen-bond donors (Lipinski definition) is 1. The summed E-state index contributed by atoms with van der Waals surface area (Å²) in [5.41, 5.74) is 1.56. The van der Waals surface area contributed by atoms with Crippen LogP contribution < -0.4 is 5.32 Å². The van der Waals surface area contributed by atoms with Crippen LogP contribution in [-0.2, 0) is 0 Å². The maximum absolute atomic E-state index is 12.0. The smallest absolute Gasteiger partial charge is 0.257 e.